The van der Waals surface area contributed by atoms with Gasteiger partial charge in [-0.05, 0) is 19.4 Å². The summed E-state index contributed by atoms with van der Waals surface area (Å²) >= 11 is 6.80. The molecule has 1 saturated heterocycles. The van der Waals surface area contributed by atoms with E-state index in [0.29, 0.717) is 6.42 Å². The van der Waals surface area contributed by atoms with E-state index in [2.05, 4.69) is 10.2 Å². The fourth-order valence-electron chi connectivity index (χ4n) is 2.93. The minimum absolute atomic E-state index is 0.0321. The fourth-order valence-corrected chi connectivity index (χ4v) is 5.87. The summed E-state index contributed by atoms with van der Waals surface area (Å²) in [5.74, 6) is -0.406. The number of fused-ring (bicyclic) bond motifs is 1. The maximum Gasteiger partial charge on any atom is 0.417 e. The zero-order valence-corrected chi connectivity index (χ0v) is 17.2. The first-order chi connectivity index (χ1) is 12.9. The van der Waals surface area contributed by atoms with Gasteiger partial charge >= 0.3 is 6.18 Å². The normalized spacial score (nSPS) is 20.4. The molecule has 0 aliphatic carbocycles. The molecule has 2 atom stereocenters. The summed E-state index contributed by atoms with van der Waals surface area (Å²) in [6, 6.07) is 0.352. The van der Waals surface area contributed by atoms with Gasteiger partial charge in [-0.25, -0.2) is 8.42 Å². The van der Waals surface area contributed by atoms with Crippen molar-refractivity contribution >= 4 is 44.8 Å². The topological polar surface area (TPSA) is 84.6 Å². The molecule has 2 aromatic rings. The van der Waals surface area contributed by atoms with Crippen LogP contribution in [0.2, 0.25) is 5.02 Å². The fraction of sp³-hybridized carbons (Fsp3) is 0.533. The van der Waals surface area contributed by atoms with Gasteiger partial charge in [0.1, 0.15) is 0 Å². The van der Waals surface area contributed by atoms with Gasteiger partial charge in [-0.1, -0.05) is 23.4 Å². The van der Waals surface area contributed by atoms with Crippen molar-refractivity contribution in [3.05, 3.63) is 22.8 Å². The minimum atomic E-state index is -4.60. The van der Waals surface area contributed by atoms with Gasteiger partial charge in [0.25, 0.3) is 0 Å². The van der Waals surface area contributed by atoms with Crippen molar-refractivity contribution in [1.29, 1.82) is 0 Å². The third-order valence-electron chi connectivity index (χ3n) is 4.49. The van der Waals surface area contributed by atoms with Gasteiger partial charge in [-0.2, -0.15) is 13.2 Å². The Labute approximate surface area is 168 Å². The molecule has 1 aliphatic rings. The van der Waals surface area contributed by atoms with Crippen molar-refractivity contribution in [3.63, 3.8) is 0 Å². The van der Waals surface area contributed by atoms with Crippen LogP contribution < -0.4 is 0 Å². The van der Waals surface area contributed by atoms with Crippen LogP contribution in [-0.2, 0) is 20.8 Å². The van der Waals surface area contributed by atoms with Crippen LogP contribution in [0.25, 0.3) is 5.65 Å². The average Bonchev–Trinajstić information content (AvgIpc) is 3.16. The van der Waals surface area contributed by atoms with Crippen LogP contribution in [0.3, 0.4) is 0 Å². The van der Waals surface area contributed by atoms with E-state index in [1.807, 2.05) is 0 Å². The minimum Gasteiger partial charge on any atom is -0.341 e. The second kappa shape index (κ2) is 7.38. The molecule has 0 N–H and O–H groups in total. The van der Waals surface area contributed by atoms with Crippen LogP contribution >= 0.6 is 23.4 Å². The Hall–Kier alpha value is -1.53. The van der Waals surface area contributed by atoms with E-state index in [0.717, 1.165) is 28.4 Å². The Morgan fingerprint density at radius 2 is 2.11 bits per heavy atom. The lowest BCUT2D eigenvalue weighted by atomic mass is 10.2. The first-order valence-corrected chi connectivity index (χ1v) is 11.2. The Kier molecular flexibility index (Phi) is 5.58. The van der Waals surface area contributed by atoms with Crippen molar-refractivity contribution in [3.8, 4) is 0 Å². The van der Waals surface area contributed by atoms with Crippen LogP contribution in [0.1, 0.15) is 18.9 Å². The molecular weight excluding hydrogens is 441 g/mol. The molecule has 0 bridgehead atoms. The van der Waals surface area contributed by atoms with Gasteiger partial charge in [-0.3, -0.25) is 9.20 Å². The van der Waals surface area contributed by atoms with E-state index in [9.17, 15) is 26.4 Å². The van der Waals surface area contributed by atoms with E-state index in [4.69, 9.17) is 11.6 Å². The number of carbonyl (C=O) groups is 1. The molecule has 0 radical (unpaired) electrons. The molecule has 3 heterocycles. The Morgan fingerprint density at radius 3 is 2.68 bits per heavy atom. The Balaban J connectivity index is 1.82. The standard InChI is InChI=1S/C15H16ClF3N4O3S2/c1-8(13(24)22(2)10-3-4-28(25,26)7-10)27-14-21-20-12-11(16)5-9(6-23(12)14)15(17,18)19/h5-6,8,10H,3-4,7H2,1-2H3. The first-order valence-electron chi connectivity index (χ1n) is 8.14. The van der Waals surface area contributed by atoms with Crippen LogP contribution in [0.4, 0.5) is 13.2 Å². The number of amides is 1. The molecule has 154 valence electrons. The maximum atomic E-state index is 13.0. The number of nitrogens with zero attached hydrogens (tertiary/aromatic N) is 4. The maximum absolute atomic E-state index is 13.0. The summed E-state index contributed by atoms with van der Waals surface area (Å²) in [5, 5.41) is 6.78. The largest absolute Gasteiger partial charge is 0.417 e. The molecule has 2 aromatic heterocycles. The lowest BCUT2D eigenvalue weighted by Gasteiger charge is -2.26. The molecule has 1 amide bonds. The molecule has 0 saturated carbocycles. The monoisotopic (exact) mass is 456 g/mol. The molecule has 1 aliphatic heterocycles. The van der Waals surface area contributed by atoms with E-state index in [-0.39, 0.29) is 33.2 Å². The van der Waals surface area contributed by atoms with Crippen molar-refractivity contribution in [2.45, 2.75) is 36.0 Å². The predicted molar refractivity (Wildman–Crippen MR) is 98.1 cm³/mol. The van der Waals surface area contributed by atoms with Crippen molar-refractivity contribution in [2.75, 3.05) is 18.6 Å². The first kappa shape index (κ1) is 21.2. The molecule has 13 heteroatoms. The van der Waals surface area contributed by atoms with Crippen LogP contribution in [-0.4, -0.2) is 63.7 Å². The summed E-state index contributed by atoms with van der Waals surface area (Å²) in [6.07, 6.45) is -3.41. The zero-order chi connectivity index (χ0) is 20.9. The van der Waals surface area contributed by atoms with Gasteiger partial charge in [0, 0.05) is 19.3 Å². The second-order valence-electron chi connectivity index (χ2n) is 6.52. The molecule has 0 aromatic carbocycles. The van der Waals surface area contributed by atoms with Gasteiger partial charge in [0.2, 0.25) is 5.91 Å². The number of hydrogen-bond acceptors (Lipinski definition) is 6. The molecular formula is C15H16ClF3N4O3S2. The number of thioether (sulfide) groups is 1. The summed E-state index contributed by atoms with van der Waals surface area (Å²) in [5.41, 5.74) is -0.911. The SMILES string of the molecule is CC(Sc1nnc2c(Cl)cc(C(F)(F)F)cn12)C(=O)N(C)C1CCS(=O)(=O)C1. The zero-order valence-electron chi connectivity index (χ0n) is 14.8. The van der Waals surface area contributed by atoms with Gasteiger partial charge < -0.3 is 4.90 Å². The highest BCUT2D eigenvalue weighted by molar-refractivity contribution is 8.00. The summed E-state index contributed by atoms with van der Waals surface area (Å²) in [6.45, 7) is 1.57. The third-order valence-corrected chi connectivity index (χ3v) is 7.56. The van der Waals surface area contributed by atoms with E-state index >= 15 is 0 Å². The predicted octanol–water partition coefficient (Wildman–Crippen LogP) is 2.53. The van der Waals surface area contributed by atoms with E-state index in [1.54, 1.807) is 6.92 Å². The van der Waals surface area contributed by atoms with Gasteiger partial charge in [-0.15, -0.1) is 10.2 Å². The van der Waals surface area contributed by atoms with Crippen molar-refractivity contribution < 1.29 is 26.4 Å². The number of sulfone groups is 1. The summed E-state index contributed by atoms with van der Waals surface area (Å²) < 4.78 is 63.4. The molecule has 7 nitrogen and oxygen atoms in total. The highest BCUT2D eigenvalue weighted by atomic mass is 35.5. The summed E-state index contributed by atoms with van der Waals surface area (Å²) in [4.78, 5) is 14.0. The van der Waals surface area contributed by atoms with Crippen LogP contribution in [0.15, 0.2) is 17.4 Å². The molecule has 0 spiro atoms. The molecule has 1 fully saturated rings. The number of halogens is 4. The van der Waals surface area contributed by atoms with Gasteiger partial charge in [0.05, 0.1) is 27.3 Å². The average molecular weight is 457 g/mol. The number of pyridine rings is 1. The van der Waals surface area contributed by atoms with Crippen LogP contribution in [0, 0.1) is 0 Å². The van der Waals surface area contributed by atoms with Crippen LogP contribution in [0.5, 0.6) is 0 Å². The molecule has 28 heavy (non-hydrogen) atoms. The third kappa shape index (κ3) is 4.23. The van der Waals surface area contributed by atoms with Crippen molar-refractivity contribution in [1.82, 2.24) is 19.5 Å². The number of aromatic nitrogens is 3. The van der Waals surface area contributed by atoms with Gasteiger partial charge in [0.15, 0.2) is 20.6 Å². The molecule has 3 rings (SSSR count). The number of hydrogen-bond donors (Lipinski definition) is 0. The Bertz CT molecular complexity index is 1030. The lowest BCUT2D eigenvalue weighted by molar-refractivity contribution is -0.138. The smallest absolute Gasteiger partial charge is 0.341 e. The number of carbonyl (C=O) groups excluding carboxylic acids is 1. The second-order valence-corrected chi connectivity index (χ2v) is 10.5. The van der Waals surface area contributed by atoms with E-state index < -0.39 is 32.9 Å². The quantitative estimate of drug-likeness (QED) is 0.657. The van der Waals surface area contributed by atoms with E-state index in [1.165, 1.54) is 11.9 Å². The Morgan fingerprint density at radius 1 is 1.43 bits per heavy atom. The summed E-state index contributed by atoms with van der Waals surface area (Å²) in [7, 11) is -1.63. The molecule has 2 unspecified atom stereocenters. The highest BCUT2D eigenvalue weighted by Gasteiger charge is 2.35. The number of alkyl halides is 3. The highest BCUT2D eigenvalue weighted by Crippen LogP contribution is 2.34. The van der Waals surface area contributed by atoms with Crippen molar-refractivity contribution in [2.24, 2.45) is 0 Å². The lowest BCUT2D eigenvalue weighted by Crippen LogP contribution is -2.41. The number of rotatable bonds is 4.